The highest BCUT2D eigenvalue weighted by Crippen LogP contribution is 2.28. The first-order valence-electron chi connectivity index (χ1n) is 9.55. The minimum atomic E-state index is -0.293. The van der Waals surface area contributed by atoms with Gasteiger partial charge in [0.25, 0.3) is 0 Å². The van der Waals surface area contributed by atoms with Gasteiger partial charge in [0, 0.05) is 17.4 Å². The molecule has 0 radical (unpaired) electrons. The lowest BCUT2D eigenvalue weighted by atomic mass is 10.2. The Bertz CT molecular complexity index is 967. The maximum Gasteiger partial charge on any atom is 0.223 e. The molecule has 0 aliphatic rings. The van der Waals surface area contributed by atoms with Crippen molar-refractivity contribution in [3.63, 3.8) is 0 Å². The van der Waals surface area contributed by atoms with Crippen LogP contribution >= 0.6 is 11.8 Å². The van der Waals surface area contributed by atoms with Gasteiger partial charge >= 0.3 is 0 Å². The van der Waals surface area contributed by atoms with Crippen LogP contribution in [0.3, 0.4) is 0 Å². The lowest BCUT2D eigenvalue weighted by Gasteiger charge is -2.17. The molecule has 152 valence electrons. The van der Waals surface area contributed by atoms with Crippen LogP contribution in [-0.4, -0.2) is 20.7 Å². The Hall–Kier alpha value is -2.67. The van der Waals surface area contributed by atoms with Crippen molar-refractivity contribution < 1.29 is 9.18 Å². The zero-order valence-corrected chi connectivity index (χ0v) is 17.8. The van der Waals surface area contributed by atoms with Crippen molar-refractivity contribution in [2.24, 2.45) is 5.92 Å². The minimum Gasteiger partial charge on any atom is -0.346 e. The minimum absolute atomic E-state index is 0.0310. The number of aryl methyl sites for hydroxylation is 1. The zero-order chi connectivity index (χ0) is 21.0. The number of carbonyl (C=O) groups is 1. The van der Waals surface area contributed by atoms with E-state index in [0.29, 0.717) is 11.6 Å². The van der Waals surface area contributed by atoms with Crippen LogP contribution in [0, 0.1) is 18.7 Å². The third-order valence-corrected chi connectivity index (χ3v) is 5.50. The van der Waals surface area contributed by atoms with Crippen LogP contribution in [0.2, 0.25) is 0 Å². The van der Waals surface area contributed by atoms with Gasteiger partial charge in [0.1, 0.15) is 5.82 Å². The molecule has 0 spiro atoms. The molecule has 0 unspecified atom stereocenters. The van der Waals surface area contributed by atoms with Gasteiger partial charge in [0.15, 0.2) is 11.0 Å². The predicted molar refractivity (Wildman–Crippen MR) is 113 cm³/mol. The molecule has 0 saturated heterocycles. The Morgan fingerprint density at radius 3 is 2.34 bits per heavy atom. The van der Waals surface area contributed by atoms with Crippen LogP contribution in [0.5, 0.6) is 0 Å². The summed E-state index contributed by atoms with van der Waals surface area (Å²) in [4.78, 5) is 12.2. The summed E-state index contributed by atoms with van der Waals surface area (Å²) in [6.45, 7) is 7.66. The van der Waals surface area contributed by atoms with Crippen LogP contribution in [0.25, 0.3) is 5.69 Å². The number of thioether (sulfide) groups is 1. The monoisotopic (exact) mass is 412 g/mol. The fraction of sp³-hybridized carbons (Fsp3) is 0.318. The molecular weight excluding hydrogens is 387 g/mol. The molecule has 29 heavy (non-hydrogen) atoms. The van der Waals surface area contributed by atoms with Crippen molar-refractivity contribution in [2.45, 2.75) is 44.6 Å². The molecule has 0 fully saturated rings. The topological polar surface area (TPSA) is 59.8 Å². The average Bonchev–Trinajstić information content (AvgIpc) is 3.12. The summed E-state index contributed by atoms with van der Waals surface area (Å²) in [5.41, 5.74) is 3.09. The average molecular weight is 413 g/mol. The number of carbonyl (C=O) groups excluding carboxylic acids is 1. The summed E-state index contributed by atoms with van der Waals surface area (Å²) in [5.74, 6) is 0.914. The smallest absolute Gasteiger partial charge is 0.223 e. The standard InChI is InChI=1S/C22H25FN4OS/c1-14(2)21(28)24-16(4)20-25-26-22(27(20)19-11-5-15(3)6-12-19)29-13-17-7-9-18(23)10-8-17/h5-12,14,16H,13H2,1-4H3,(H,24,28)/t16-/m1/s1. The first-order valence-corrected chi connectivity index (χ1v) is 10.5. The number of halogens is 1. The normalized spacial score (nSPS) is 12.2. The summed E-state index contributed by atoms with van der Waals surface area (Å²) in [7, 11) is 0. The Kier molecular flexibility index (Phi) is 6.69. The molecule has 3 aromatic rings. The number of nitrogens with one attached hydrogen (secondary N) is 1. The Labute approximate surface area is 174 Å². The SMILES string of the molecule is Cc1ccc(-n2c(SCc3ccc(F)cc3)nnc2[C@@H](C)NC(=O)C(C)C)cc1. The molecule has 1 heterocycles. The second-order valence-corrected chi connectivity index (χ2v) is 8.25. The predicted octanol–water partition coefficient (Wildman–Crippen LogP) is 4.84. The fourth-order valence-electron chi connectivity index (χ4n) is 2.76. The van der Waals surface area contributed by atoms with Gasteiger partial charge in [-0.3, -0.25) is 9.36 Å². The Balaban J connectivity index is 1.91. The van der Waals surface area contributed by atoms with Crippen LogP contribution in [0.1, 0.15) is 43.8 Å². The van der Waals surface area contributed by atoms with Gasteiger partial charge in [-0.1, -0.05) is 55.4 Å². The summed E-state index contributed by atoms with van der Waals surface area (Å²) in [6.07, 6.45) is 0. The van der Waals surface area contributed by atoms with E-state index in [-0.39, 0.29) is 23.7 Å². The first-order chi connectivity index (χ1) is 13.8. The van der Waals surface area contributed by atoms with Crippen LogP contribution in [0.15, 0.2) is 53.7 Å². The quantitative estimate of drug-likeness (QED) is 0.564. The van der Waals surface area contributed by atoms with Crippen molar-refractivity contribution in [3.8, 4) is 5.69 Å². The lowest BCUT2D eigenvalue weighted by Crippen LogP contribution is -2.31. The molecule has 1 aromatic heterocycles. The van der Waals surface area contributed by atoms with Gasteiger partial charge in [0.05, 0.1) is 6.04 Å². The van der Waals surface area contributed by atoms with Crippen LogP contribution < -0.4 is 5.32 Å². The van der Waals surface area contributed by atoms with Gasteiger partial charge in [-0.05, 0) is 43.7 Å². The number of rotatable bonds is 7. The van der Waals surface area contributed by atoms with Crippen molar-refractivity contribution in [1.29, 1.82) is 0 Å². The molecule has 0 aliphatic carbocycles. The Morgan fingerprint density at radius 2 is 1.72 bits per heavy atom. The van der Waals surface area contributed by atoms with Crippen molar-refractivity contribution in [2.75, 3.05) is 0 Å². The summed E-state index contributed by atoms with van der Waals surface area (Å²) in [6, 6.07) is 14.2. The molecule has 2 aromatic carbocycles. The number of hydrogen-bond acceptors (Lipinski definition) is 4. The number of benzene rings is 2. The van der Waals surface area contributed by atoms with E-state index in [2.05, 4.69) is 15.5 Å². The van der Waals surface area contributed by atoms with E-state index >= 15 is 0 Å². The van der Waals surface area contributed by atoms with E-state index in [1.54, 1.807) is 12.1 Å². The molecular formula is C22H25FN4OS. The molecule has 0 bridgehead atoms. The molecule has 7 heteroatoms. The molecule has 0 aliphatic heterocycles. The lowest BCUT2D eigenvalue weighted by molar-refractivity contribution is -0.124. The van der Waals surface area contributed by atoms with Gasteiger partial charge in [-0.2, -0.15) is 0 Å². The number of aromatic nitrogens is 3. The first kappa shape index (κ1) is 21.0. The highest BCUT2D eigenvalue weighted by atomic mass is 32.2. The maximum atomic E-state index is 13.2. The molecule has 5 nitrogen and oxygen atoms in total. The number of hydrogen-bond donors (Lipinski definition) is 1. The molecule has 1 atom stereocenters. The second-order valence-electron chi connectivity index (χ2n) is 7.31. The summed E-state index contributed by atoms with van der Waals surface area (Å²) in [5, 5.41) is 12.5. The van der Waals surface area contributed by atoms with Crippen molar-refractivity contribution >= 4 is 17.7 Å². The fourth-order valence-corrected chi connectivity index (χ4v) is 3.68. The summed E-state index contributed by atoms with van der Waals surface area (Å²) >= 11 is 1.52. The van der Waals surface area contributed by atoms with Crippen molar-refractivity contribution in [1.82, 2.24) is 20.1 Å². The molecule has 0 saturated carbocycles. The maximum absolute atomic E-state index is 13.2. The third kappa shape index (κ3) is 5.23. The van der Waals surface area contributed by atoms with E-state index in [1.807, 2.05) is 56.5 Å². The summed E-state index contributed by atoms with van der Waals surface area (Å²) < 4.78 is 15.1. The van der Waals surface area contributed by atoms with Gasteiger partial charge in [0.2, 0.25) is 5.91 Å². The van der Waals surface area contributed by atoms with E-state index in [0.717, 1.165) is 22.0 Å². The molecule has 1 amide bonds. The zero-order valence-electron chi connectivity index (χ0n) is 17.0. The second kappa shape index (κ2) is 9.22. The van der Waals surface area contributed by atoms with E-state index < -0.39 is 0 Å². The number of amides is 1. The largest absolute Gasteiger partial charge is 0.346 e. The molecule has 3 rings (SSSR count). The van der Waals surface area contributed by atoms with E-state index in [9.17, 15) is 9.18 Å². The van der Waals surface area contributed by atoms with Gasteiger partial charge in [-0.25, -0.2) is 4.39 Å². The Morgan fingerprint density at radius 1 is 1.07 bits per heavy atom. The highest BCUT2D eigenvalue weighted by Gasteiger charge is 2.22. The van der Waals surface area contributed by atoms with Crippen molar-refractivity contribution in [3.05, 3.63) is 71.3 Å². The van der Waals surface area contributed by atoms with Crippen LogP contribution in [0.4, 0.5) is 4.39 Å². The van der Waals surface area contributed by atoms with E-state index in [4.69, 9.17) is 0 Å². The number of nitrogens with zero attached hydrogens (tertiary/aromatic N) is 3. The van der Waals surface area contributed by atoms with Crippen LogP contribution in [-0.2, 0) is 10.5 Å². The third-order valence-electron chi connectivity index (χ3n) is 4.50. The van der Waals surface area contributed by atoms with Gasteiger partial charge in [-0.15, -0.1) is 10.2 Å². The van der Waals surface area contributed by atoms with Gasteiger partial charge < -0.3 is 5.32 Å². The highest BCUT2D eigenvalue weighted by molar-refractivity contribution is 7.98. The molecule has 1 N–H and O–H groups in total. The van der Waals surface area contributed by atoms with E-state index in [1.165, 1.54) is 23.9 Å².